The van der Waals surface area contributed by atoms with E-state index in [4.69, 9.17) is 29.0 Å². The van der Waals surface area contributed by atoms with Crippen LogP contribution < -0.4 is 0 Å². The Kier molecular flexibility index (Phi) is 9.88. The first-order valence-corrected chi connectivity index (χ1v) is 9.29. The lowest BCUT2D eigenvalue weighted by atomic mass is 10.4. The summed E-state index contributed by atoms with van der Waals surface area (Å²) in [5, 5.41) is 18.7. The third-order valence-corrected chi connectivity index (χ3v) is 4.08. The minimum Gasteiger partial charge on any atom is -0.379 e. The first-order valence-electron chi connectivity index (χ1n) is 7.80. The summed E-state index contributed by atoms with van der Waals surface area (Å²) < 4.78 is 27.3. The zero-order valence-electron chi connectivity index (χ0n) is 14.8. The fourth-order valence-electron chi connectivity index (χ4n) is 1.75. The summed E-state index contributed by atoms with van der Waals surface area (Å²) in [5.74, 6) is 0. The van der Waals surface area contributed by atoms with Gasteiger partial charge in [0, 0.05) is 13.1 Å². The van der Waals surface area contributed by atoms with Crippen molar-refractivity contribution in [2.24, 2.45) is 0 Å². The summed E-state index contributed by atoms with van der Waals surface area (Å²) in [5.41, 5.74) is 0. The van der Waals surface area contributed by atoms with E-state index < -0.39 is 25.9 Å². The van der Waals surface area contributed by atoms with Gasteiger partial charge in [-0.3, -0.25) is 24.3 Å². The van der Waals surface area contributed by atoms with E-state index in [-0.39, 0.29) is 13.2 Å². The molecule has 0 bridgehead atoms. The first kappa shape index (κ1) is 22.8. The second-order valence-corrected chi connectivity index (χ2v) is 7.88. The number of quaternary nitrogens is 1. The van der Waals surface area contributed by atoms with Crippen LogP contribution in [-0.2, 0) is 28.0 Å². The van der Waals surface area contributed by atoms with Gasteiger partial charge in [0.05, 0.1) is 53.0 Å². The highest BCUT2D eigenvalue weighted by Crippen LogP contribution is 2.43. The standard InChI is InChI=1S/C12H28N3O9P/c1-15(2,3)6-9-22-25(18,19)23-11-12(24-14(16)17)10-21-13-4-7-20-8-5-13/h12,16-17H,4-11H2,1-3H3/p+1. The van der Waals surface area contributed by atoms with Crippen LogP contribution in [0.3, 0.4) is 0 Å². The van der Waals surface area contributed by atoms with Gasteiger partial charge in [0.25, 0.3) is 0 Å². The van der Waals surface area contributed by atoms with Gasteiger partial charge >= 0.3 is 7.82 Å². The molecule has 2 atom stereocenters. The molecule has 1 aliphatic rings. The average molecular weight is 390 g/mol. The van der Waals surface area contributed by atoms with Crippen LogP contribution in [0, 0.1) is 0 Å². The number of likely N-dealkylation sites (N-methyl/N-ethyl adjacent to an activating group) is 1. The number of phosphoric acid groups is 1. The summed E-state index contributed by atoms with van der Waals surface area (Å²) >= 11 is 0. The molecule has 1 aliphatic heterocycles. The van der Waals surface area contributed by atoms with Crippen LogP contribution in [0.4, 0.5) is 0 Å². The number of ether oxygens (including phenoxy) is 1. The maximum atomic E-state index is 11.8. The van der Waals surface area contributed by atoms with Crippen molar-refractivity contribution >= 4 is 7.82 Å². The van der Waals surface area contributed by atoms with E-state index in [2.05, 4.69) is 4.84 Å². The molecule has 1 heterocycles. The summed E-state index contributed by atoms with van der Waals surface area (Å²) in [6.07, 6.45) is -1.04. The lowest BCUT2D eigenvalue weighted by Gasteiger charge is -2.28. The fraction of sp³-hybridized carbons (Fsp3) is 1.00. The largest absolute Gasteiger partial charge is 0.472 e. The smallest absolute Gasteiger partial charge is 0.379 e. The van der Waals surface area contributed by atoms with Crippen molar-refractivity contribution in [1.82, 2.24) is 10.5 Å². The SMILES string of the molecule is C[N+](C)(C)CCOP(=O)(O)OCC(CON1CCOCC1)ON(O)O. The number of morpholine rings is 1. The van der Waals surface area contributed by atoms with Crippen molar-refractivity contribution in [1.29, 1.82) is 0 Å². The maximum absolute atomic E-state index is 11.8. The molecule has 0 radical (unpaired) electrons. The normalized spacial score (nSPS) is 20.6. The molecular weight excluding hydrogens is 361 g/mol. The predicted octanol–water partition coefficient (Wildman–Crippen LogP) is -0.529. The van der Waals surface area contributed by atoms with Gasteiger partial charge in [0.1, 0.15) is 19.3 Å². The van der Waals surface area contributed by atoms with Crippen LogP contribution in [0.15, 0.2) is 0 Å². The second-order valence-electron chi connectivity index (χ2n) is 6.43. The molecule has 1 saturated heterocycles. The van der Waals surface area contributed by atoms with Crippen molar-refractivity contribution in [2.45, 2.75) is 6.10 Å². The van der Waals surface area contributed by atoms with E-state index in [1.165, 1.54) is 0 Å². The van der Waals surface area contributed by atoms with E-state index >= 15 is 0 Å². The molecule has 150 valence electrons. The molecule has 0 aromatic carbocycles. The Labute approximate surface area is 147 Å². The van der Waals surface area contributed by atoms with E-state index in [1.54, 1.807) is 5.06 Å². The molecule has 2 unspecified atom stereocenters. The monoisotopic (exact) mass is 390 g/mol. The minimum absolute atomic E-state index is 0.0270. The average Bonchev–Trinajstić information content (AvgIpc) is 2.49. The van der Waals surface area contributed by atoms with Crippen molar-refractivity contribution < 1.29 is 47.8 Å². The van der Waals surface area contributed by atoms with Gasteiger partial charge in [-0.25, -0.2) is 9.40 Å². The number of phosphoric ester groups is 1. The third-order valence-electron chi connectivity index (χ3n) is 3.10. The first-order chi connectivity index (χ1) is 11.6. The van der Waals surface area contributed by atoms with Gasteiger partial charge < -0.3 is 14.1 Å². The van der Waals surface area contributed by atoms with Crippen LogP contribution in [0.1, 0.15) is 0 Å². The molecule has 0 aromatic rings. The van der Waals surface area contributed by atoms with Gasteiger partial charge in [0.15, 0.2) is 0 Å². The van der Waals surface area contributed by atoms with Crippen molar-refractivity contribution in [3.8, 4) is 0 Å². The van der Waals surface area contributed by atoms with E-state index in [1.807, 2.05) is 21.1 Å². The van der Waals surface area contributed by atoms with Crippen molar-refractivity contribution in [2.75, 3.05) is 73.8 Å². The molecule has 25 heavy (non-hydrogen) atoms. The molecule has 12 nitrogen and oxygen atoms in total. The second kappa shape index (κ2) is 10.8. The van der Waals surface area contributed by atoms with Crippen molar-refractivity contribution in [3.63, 3.8) is 0 Å². The molecule has 0 spiro atoms. The maximum Gasteiger partial charge on any atom is 0.472 e. The lowest BCUT2D eigenvalue weighted by molar-refractivity contribution is -0.870. The van der Waals surface area contributed by atoms with Gasteiger partial charge in [-0.1, -0.05) is 0 Å². The zero-order chi connectivity index (χ0) is 18.9. The Morgan fingerprint density at radius 2 is 1.84 bits per heavy atom. The van der Waals surface area contributed by atoms with E-state index in [0.717, 1.165) is 0 Å². The predicted molar refractivity (Wildman–Crippen MR) is 83.3 cm³/mol. The highest BCUT2D eigenvalue weighted by atomic mass is 31.2. The Morgan fingerprint density at radius 3 is 2.40 bits per heavy atom. The summed E-state index contributed by atoms with van der Waals surface area (Å²) in [6, 6.07) is 0. The van der Waals surface area contributed by atoms with E-state index in [0.29, 0.717) is 37.3 Å². The molecule has 0 aliphatic carbocycles. The quantitative estimate of drug-likeness (QED) is 0.226. The van der Waals surface area contributed by atoms with Crippen LogP contribution in [-0.4, -0.2) is 110 Å². The highest BCUT2D eigenvalue weighted by molar-refractivity contribution is 7.47. The number of hydrogen-bond donors (Lipinski definition) is 3. The van der Waals surface area contributed by atoms with Crippen LogP contribution >= 0.6 is 7.82 Å². The molecular formula is C12H29N3O9P+. The number of hydroxylamine groups is 2. The molecule has 1 rings (SSSR count). The van der Waals surface area contributed by atoms with Crippen LogP contribution in [0.2, 0.25) is 0 Å². The number of hydrogen-bond acceptors (Lipinski definition) is 10. The molecule has 0 aromatic heterocycles. The minimum atomic E-state index is -4.29. The molecule has 3 N–H and O–H groups in total. The molecule has 13 heteroatoms. The Bertz CT molecular complexity index is 415. The van der Waals surface area contributed by atoms with Crippen LogP contribution in [0.25, 0.3) is 0 Å². The topological polar surface area (TPSA) is 130 Å². The summed E-state index contributed by atoms with van der Waals surface area (Å²) in [7, 11) is 1.45. The van der Waals surface area contributed by atoms with Gasteiger partial charge in [0.2, 0.25) is 0 Å². The van der Waals surface area contributed by atoms with E-state index in [9.17, 15) is 9.46 Å². The van der Waals surface area contributed by atoms with Crippen molar-refractivity contribution in [3.05, 3.63) is 0 Å². The number of nitrogens with zero attached hydrogens (tertiary/aromatic N) is 3. The molecule has 0 saturated carbocycles. The van der Waals surface area contributed by atoms with Gasteiger partial charge in [-0.15, -0.1) is 0 Å². The molecule has 1 fully saturated rings. The van der Waals surface area contributed by atoms with Crippen LogP contribution in [0.5, 0.6) is 0 Å². The zero-order valence-corrected chi connectivity index (χ0v) is 15.7. The third kappa shape index (κ3) is 11.9. The Balaban J connectivity index is 2.38. The Hall–Kier alpha value is -0.210. The molecule has 0 amide bonds. The van der Waals surface area contributed by atoms with Gasteiger partial charge in [-0.2, -0.15) is 5.06 Å². The lowest BCUT2D eigenvalue weighted by Crippen LogP contribution is -2.40. The Morgan fingerprint density at radius 1 is 1.20 bits per heavy atom. The number of rotatable bonds is 12. The summed E-state index contributed by atoms with van der Waals surface area (Å²) in [6.45, 7) is 2.08. The fourth-order valence-corrected chi connectivity index (χ4v) is 2.49. The van der Waals surface area contributed by atoms with Gasteiger partial charge in [-0.05, 0) is 0 Å². The summed E-state index contributed by atoms with van der Waals surface area (Å²) in [4.78, 5) is 19.7. The highest BCUT2D eigenvalue weighted by Gasteiger charge is 2.26.